The SMILES string of the molecule is CCCCCCCCCCCCCCCCCCC(=O)NCC[N+]1=CCNC1CCCCCCCCCCCCCCCCCC. The average molecular weight is 647 g/mol. The number of hydrogen-bond acceptors (Lipinski definition) is 2. The van der Waals surface area contributed by atoms with E-state index in [-0.39, 0.29) is 5.91 Å². The third-order valence-corrected chi connectivity index (χ3v) is 10.4. The van der Waals surface area contributed by atoms with E-state index in [0.29, 0.717) is 12.6 Å². The molecular formula is C42H84N3O+. The Labute approximate surface area is 289 Å². The molecule has 0 aromatic heterocycles. The van der Waals surface area contributed by atoms with Crippen molar-refractivity contribution in [3.63, 3.8) is 0 Å². The van der Waals surface area contributed by atoms with E-state index in [2.05, 4.69) is 35.3 Å². The molecule has 4 nitrogen and oxygen atoms in total. The smallest absolute Gasteiger partial charge is 0.220 e. The highest BCUT2D eigenvalue weighted by Crippen LogP contribution is 2.16. The molecular weight excluding hydrogens is 562 g/mol. The van der Waals surface area contributed by atoms with Gasteiger partial charge < -0.3 is 5.32 Å². The maximum Gasteiger partial charge on any atom is 0.220 e. The van der Waals surface area contributed by atoms with Crippen LogP contribution in [0.5, 0.6) is 0 Å². The predicted octanol–water partition coefficient (Wildman–Crippen LogP) is 12.4. The van der Waals surface area contributed by atoms with Crippen LogP contribution in [-0.4, -0.2) is 42.5 Å². The average Bonchev–Trinajstić information content (AvgIpc) is 3.51. The molecule has 0 saturated heterocycles. The van der Waals surface area contributed by atoms with Crippen molar-refractivity contribution in [3.8, 4) is 0 Å². The van der Waals surface area contributed by atoms with Crippen LogP contribution in [0, 0.1) is 0 Å². The van der Waals surface area contributed by atoms with Crippen LogP contribution in [0.2, 0.25) is 0 Å². The van der Waals surface area contributed by atoms with Gasteiger partial charge in [-0.25, -0.2) is 9.89 Å². The second kappa shape index (κ2) is 35.4. The van der Waals surface area contributed by atoms with Crippen molar-refractivity contribution in [2.45, 2.75) is 238 Å². The van der Waals surface area contributed by atoms with Crippen LogP contribution >= 0.6 is 0 Å². The number of nitrogens with zero attached hydrogens (tertiary/aromatic N) is 1. The Morgan fingerprint density at radius 3 is 1.28 bits per heavy atom. The minimum atomic E-state index is 0.242. The lowest BCUT2D eigenvalue weighted by Gasteiger charge is -2.12. The molecule has 0 bridgehead atoms. The molecule has 0 fully saturated rings. The zero-order valence-corrected chi connectivity index (χ0v) is 31.7. The highest BCUT2D eigenvalue weighted by atomic mass is 16.1. The number of carbonyl (C=O) groups excluding carboxylic acids is 1. The van der Waals surface area contributed by atoms with Gasteiger partial charge in [0.2, 0.25) is 12.1 Å². The summed E-state index contributed by atoms with van der Waals surface area (Å²) in [4.78, 5) is 12.3. The van der Waals surface area contributed by atoms with Gasteiger partial charge >= 0.3 is 0 Å². The first-order chi connectivity index (χ1) is 22.8. The summed E-state index contributed by atoms with van der Waals surface area (Å²) in [7, 11) is 0. The number of amides is 1. The second-order valence-electron chi connectivity index (χ2n) is 14.8. The molecule has 0 aromatic carbocycles. The number of unbranched alkanes of at least 4 members (excludes halogenated alkanes) is 30. The lowest BCUT2D eigenvalue weighted by molar-refractivity contribution is -0.558. The van der Waals surface area contributed by atoms with E-state index < -0.39 is 0 Å². The Bertz CT molecular complexity index is 663. The van der Waals surface area contributed by atoms with Crippen molar-refractivity contribution < 1.29 is 9.37 Å². The van der Waals surface area contributed by atoms with Gasteiger partial charge in [-0.05, 0) is 12.8 Å². The lowest BCUT2D eigenvalue weighted by Crippen LogP contribution is -2.37. The van der Waals surface area contributed by atoms with E-state index in [1.807, 2.05) is 0 Å². The molecule has 0 saturated carbocycles. The summed E-state index contributed by atoms with van der Waals surface area (Å²) < 4.78 is 2.43. The zero-order valence-electron chi connectivity index (χ0n) is 31.7. The summed E-state index contributed by atoms with van der Waals surface area (Å²) in [5.41, 5.74) is 0. The summed E-state index contributed by atoms with van der Waals surface area (Å²) >= 11 is 0. The molecule has 0 spiro atoms. The molecule has 46 heavy (non-hydrogen) atoms. The molecule has 1 unspecified atom stereocenters. The minimum absolute atomic E-state index is 0.242. The Balaban J connectivity index is 1.83. The van der Waals surface area contributed by atoms with Crippen molar-refractivity contribution in [1.82, 2.24) is 10.6 Å². The van der Waals surface area contributed by atoms with Crippen LogP contribution in [0.4, 0.5) is 0 Å². The van der Waals surface area contributed by atoms with Crippen LogP contribution in [-0.2, 0) is 4.79 Å². The third kappa shape index (κ3) is 29.3. The molecule has 4 heteroatoms. The maximum absolute atomic E-state index is 12.3. The molecule has 1 aliphatic heterocycles. The van der Waals surface area contributed by atoms with Crippen LogP contribution in [0.3, 0.4) is 0 Å². The van der Waals surface area contributed by atoms with Crippen molar-refractivity contribution in [2.24, 2.45) is 0 Å². The molecule has 1 aliphatic rings. The maximum atomic E-state index is 12.3. The van der Waals surface area contributed by atoms with Crippen molar-refractivity contribution >= 4 is 12.1 Å². The van der Waals surface area contributed by atoms with E-state index in [1.54, 1.807) is 0 Å². The van der Waals surface area contributed by atoms with Crippen molar-refractivity contribution in [1.29, 1.82) is 0 Å². The first kappa shape index (κ1) is 43.1. The third-order valence-electron chi connectivity index (χ3n) is 10.4. The van der Waals surface area contributed by atoms with Crippen molar-refractivity contribution in [3.05, 3.63) is 0 Å². The van der Waals surface area contributed by atoms with Gasteiger partial charge in [-0.15, -0.1) is 0 Å². The molecule has 1 atom stereocenters. The number of hydrogen-bond donors (Lipinski definition) is 2. The Morgan fingerprint density at radius 1 is 0.543 bits per heavy atom. The quantitative estimate of drug-likeness (QED) is 0.0521. The molecule has 2 N–H and O–H groups in total. The topological polar surface area (TPSA) is 44.1 Å². The van der Waals surface area contributed by atoms with Gasteiger partial charge in [-0.1, -0.05) is 206 Å². The Kier molecular flexibility index (Phi) is 33.2. The first-order valence-electron chi connectivity index (χ1n) is 21.4. The van der Waals surface area contributed by atoms with E-state index in [1.165, 1.54) is 205 Å². The van der Waals surface area contributed by atoms with E-state index >= 15 is 0 Å². The van der Waals surface area contributed by atoms with Gasteiger partial charge in [0, 0.05) is 12.8 Å². The fourth-order valence-corrected chi connectivity index (χ4v) is 7.20. The minimum Gasteiger partial charge on any atom is -0.350 e. The number of carbonyl (C=O) groups is 1. The Hall–Kier alpha value is -0.900. The van der Waals surface area contributed by atoms with Gasteiger partial charge in [0.15, 0.2) is 12.8 Å². The summed E-state index contributed by atoms with van der Waals surface area (Å²) in [6.07, 6.45) is 49.4. The van der Waals surface area contributed by atoms with Gasteiger partial charge in [0.25, 0.3) is 0 Å². The highest BCUT2D eigenvalue weighted by Gasteiger charge is 2.24. The molecule has 0 radical (unpaired) electrons. The summed E-state index contributed by atoms with van der Waals surface area (Å²) in [5.74, 6) is 0.242. The fraction of sp³-hybridized carbons (Fsp3) is 0.952. The van der Waals surface area contributed by atoms with Crippen LogP contribution < -0.4 is 10.6 Å². The molecule has 0 aromatic rings. The summed E-state index contributed by atoms with van der Waals surface area (Å²) in [5, 5.41) is 6.82. The number of nitrogens with one attached hydrogen (secondary N) is 2. The van der Waals surface area contributed by atoms with Gasteiger partial charge in [0.1, 0.15) is 0 Å². The summed E-state index contributed by atoms with van der Waals surface area (Å²) in [6, 6.07) is 0. The molecule has 1 heterocycles. The van der Waals surface area contributed by atoms with Crippen LogP contribution in [0.25, 0.3) is 0 Å². The normalized spacial score (nSPS) is 14.7. The molecule has 0 aliphatic carbocycles. The van der Waals surface area contributed by atoms with Crippen LogP contribution in [0.15, 0.2) is 0 Å². The summed E-state index contributed by atoms with van der Waals surface area (Å²) in [6.45, 7) is 7.26. The highest BCUT2D eigenvalue weighted by molar-refractivity contribution is 5.75. The first-order valence-corrected chi connectivity index (χ1v) is 21.4. The fourth-order valence-electron chi connectivity index (χ4n) is 7.20. The lowest BCUT2D eigenvalue weighted by atomic mass is 10.0. The largest absolute Gasteiger partial charge is 0.350 e. The van der Waals surface area contributed by atoms with Crippen LogP contribution in [0.1, 0.15) is 232 Å². The number of rotatable bonds is 37. The Morgan fingerprint density at radius 2 is 0.891 bits per heavy atom. The van der Waals surface area contributed by atoms with E-state index in [9.17, 15) is 4.79 Å². The predicted molar refractivity (Wildman–Crippen MR) is 204 cm³/mol. The molecule has 1 amide bonds. The standard InChI is InChI=1S/C42H83N3O/c1-3-5-7-9-11-13-15-17-19-21-23-25-27-29-31-33-35-41-43-37-39-45(41)40-38-44-42(46)36-34-32-30-28-26-24-22-20-18-16-14-12-10-8-6-4-2/h39,41,43H,3-38,40H2,1-2H3/p+1. The van der Waals surface area contributed by atoms with Gasteiger partial charge in [-0.3, -0.25) is 4.79 Å². The van der Waals surface area contributed by atoms with E-state index in [4.69, 9.17) is 0 Å². The van der Waals surface area contributed by atoms with Gasteiger partial charge in [-0.2, -0.15) is 0 Å². The zero-order chi connectivity index (χ0) is 33.0. The van der Waals surface area contributed by atoms with Gasteiger partial charge in [0.05, 0.1) is 13.1 Å². The second-order valence-corrected chi connectivity index (χ2v) is 14.8. The van der Waals surface area contributed by atoms with E-state index in [0.717, 1.165) is 26.1 Å². The molecule has 272 valence electrons. The molecule has 1 rings (SSSR count). The van der Waals surface area contributed by atoms with Crippen molar-refractivity contribution in [2.75, 3.05) is 19.6 Å². The monoisotopic (exact) mass is 647 g/mol.